The fourth-order valence-electron chi connectivity index (χ4n) is 3.28. The number of amides is 2. The summed E-state index contributed by atoms with van der Waals surface area (Å²) in [5.74, 6) is -0.604. The summed E-state index contributed by atoms with van der Waals surface area (Å²) in [7, 11) is -2.49. The average molecular weight is 510 g/mol. The standard InChI is InChI=1S/C24H32ClN3O5S/c1-6-17(2)26-24(30)18(3)27(15-19-10-8-7-9-11-19)23(29)16-28(34(5,31)32)21-14-20(25)12-13-22(21)33-4/h7-14,17-18H,6,15-16H2,1-5H3,(H,26,30)/t17-,18+/m1/s1. The van der Waals surface area contributed by atoms with Gasteiger partial charge in [0, 0.05) is 17.6 Å². The SMILES string of the molecule is CC[C@@H](C)NC(=O)[C@H](C)N(Cc1ccccc1)C(=O)CN(c1cc(Cl)ccc1OC)S(C)(=O)=O. The van der Waals surface area contributed by atoms with Crippen LogP contribution >= 0.6 is 11.6 Å². The number of anilines is 1. The van der Waals surface area contributed by atoms with E-state index in [2.05, 4.69) is 5.32 Å². The molecule has 10 heteroatoms. The second-order valence-electron chi connectivity index (χ2n) is 8.09. The first-order valence-corrected chi connectivity index (χ1v) is 13.2. The van der Waals surface area contributed by atoms with Crippen molar-refractivity contribution in [3.63, 3.8) is 0 Å². The third-order valence-corrected chi connectivity index (χ3v) is 6.81. The maximum absolute atomic E-state index is 13.5. The van der Waals surface area contributed by atoms with Crippen molar-refractivity contribution in [1.82, 2.24) is 10.2 Å². The van der Waals surface area contributed by atoms with Crippen molar-refractivity contribution < 1.29 is 22.7 Å². The zero-order valence-corrected chi connectivity index (χ0v) is 21.7. The Labute approximate surface area is 206 Å². The minimum absolute atomic E-state index is 0.0631. The molecule has 0 saturated heterocycles. The number of nitrogens with zero attached hydrogens (tertiary/aromatic N) is 2. The van der Waals surface area contributed by atoms with Crippen molar-refractivity contribution >= 4 is 39.1 Å². The number of ether oxygens (including phenoxy) is 1. The number of hydrogen-bond acceptors (Lipinski definition) is 5. The number of benzene rings is 2. The van der Waals surface area contributed by atoms with E-state index < -0.39 is 28.5 Å². The predicted octanol–water partition coefficient (Wildman–Crippen LogP) is 3.45. The van der Waals surface area contributed by atoms with Crippen molar-refractivity contribution in [2.75, 3.05) is 24.2 Å². The molecule has 0 fully saturated rings. The topological polar surface area (TPSA) is 96.0 Å². The molecule has 2 amide bonds. The molecular weight excluding hydrogens is 478 g/mol. The monoisotopic (exact) mass is 509 g/mol. The van der Waals surface area contributed by atoms with E-state index in [1.165, 1.54) is 24.1 Å². The fourth-order valence-corrected chi connectivity index (χ4v) is 4.29. The highest BCUT2D eigenvalue weighted by molar-refractivity contribution is 7.92. The Morgan fingerprint density at radius 1 is 1.12 bits per heavy atom. The van der Waals surface area contributed by atoms with Crippen LogP contribution in [0.4, 0.5) is 5.69 Å². The van der Waals surface area contributed by atoms with Gasteiger partial charge in [-0.2, -0.15) is 0 Å². The number of sulfonamides is 1. The van der Waals surface area contributed by atoms with Crippen LogP contribution in [0.25, 0.3) is 0 Å². The number of carbonyl (C=O) groups is 2. The molecule has 1 N–H and O–H groups in total. The van der Waals surface area contributed by atoms with Gasteiger partial charge in [0.05, 0.1) is 19.1 Å². The van der Waals surface area contributed by atoms with E-state index >= 15 is 0 Å². The van der Waals surface area contributed by atoms with Gasteiger partial charge in [-0.25, -0.2) is 8.42 Å². The van der Waals surface area contributed by atoms with Gasteiger partial charge in [0.15, 0.2) is 0 Å². The summed E-state index contributed by atoms with van der Waals surface area (Å²) in [6.07, 6.45) is 1.74. The van der Waals surface area contributed by atoms with Crippen LogP contribution in [-0.2, 0) is 26.2 Å². The Balaban J connectivity index is 2.43. The molecule has 0 heterocycles. The molecule has 34 heavy (non-hydrogen) atoms. The van der Waals surface area contributed by atoms with Crippen molar-refractivity contribution in [2.45, 2.75) is 45.8 Å². The van der Waals surface area contributed by atoms with Crippen molar-refractivity contribution in [1.29, 1.82) is 0 Å². The third-order valence-electron chi connectivity index (χ3n) is 5.45. The van der Waals surface area contributed by atoms with Crippen molar-refractivity contribution in [2.24, 2.45) is 0 Å². The Morgan fingerprint density at radius 3 is 2.32 bits per heavy atom. The third kappa shape index (κ3) is 7.36. The van der Waals surface area contributed by atoms with Crippen LogP contribution in [0.1, 0.15) is 32.8 Å². The summed E-state index contributed by atoms with van der Waals surface area (Å²) in [4.78, 5) is 27.8. The molecule has 0 aliphatic carbocycles. The summed E-state index contributed by atoms with van der Waals surface area (Å²) in [6.45, 7) is 5.07. The highest BCUT2D eigenvalue weighted by atomic mass is 35.5. The molecule has 0 aliphatic heterocycles. The fraction of sp³-hybridized carbons (Fsp3) is 0.417. The summed E-state index contributed by atoms with van der Waals surface area (Å²) in [5.41, 5.74) is 0.951. The molecule has 0 spiro atoms. The number of carbonyl (C=O) groups excluding carboxylic acids is 2. The van der Waals surface area contributed by atoms with Crippen molar-refractivity contribution in [3.05, 3.63) is 59.1 Å². The summed E-state index contributed by atoms with van der Waals surface area (Å²) >= 11 is 6.10. The van der Waals surface area contributed by atoms with Crippen LogP contribution in [0, 0.1) is 0 Å². The first-order valence-electron chi connectivity index (χ1n) is 10.9. The molecule has 2 rings (SSSR count). The second-order valence-corrected chi connectivity index (χ2v) is 10.4. The zero-order valence-electron chi connectivity index (χ0n) is 20.1. The van der Waals surface area contributed by atoms with E-state index in [0.717, 1.165) is 22.5 Å². The van der Waals surface area contributed by atoms with Gasteiger partial charge in [0.2, 0.25) is 21.8 Å². The summed E-state index contributed by atoms with van der Waals surface area (Å²) < 4.78 is 31.6. The molecule has 0 aliphatic rings. The number of hydrogen-bond donors (Lipinski definition) is 1. The molecule has 2 aromatic rings. The van der Waals surface area contributed by atoms with Crippen LogP contribution in [-0.4, -0.2) is 57.1 Å². The van der Waals surface area contributed by atoms with Crippen LogP contribution < -0.4 is 14.4 Å². The zero-order chi connectivity index (χ0) is 25.5. The van der Waals surface area contributed by atoms with Gasteiger partial charge >= 0.3 is 0 Å². The van der Waals surface area contributed by atoms with Gasteiger partial charge in [-0.1, -0.05) is 48.9 Å². The molecule has 2 aromatic carbocycles. The lowest BCUT2D eigenvalue weighted by Crippen LogP contribution is -2.52. The van der Waals surface area contributed by atoms with Gasteiger partial charge in [-0.15, -0.1) is 0 Å². The maximum atomic E-state index is 13.5. The molecule has 2 atom stereocenters. The Kier molecular flexibility index (Phi) is 9.76. The normalized spacial score (nSPS) is 13.0. The van der Waals surface area contributed by atoms with Gasteiger partial charge in [-0.3, -0.25) is 13.9 Å². The van der Waals surface area contributed by atoms with Gasteiger partial charge < -0.3 is 15.0 Å². The van der Waals surface area contributed by atoms with Crippen LogP contribution in [0.15, 0.2) is 48.5 Å². The van der Waals surface area contributed by atoms with Gasteiger partial charge in [-0.05, 0) is 44.0 Å². The molecule has 0 radical (unpaired) electrons. The first-order chi connectivity index (χ1) is 16.0. The average Bonchev–Trinajstić information content (AvgIpc) is 2.80. The van der Waals surface area contributed by atoms with E-state index in [1.54, 1.807) is 13.0 Å². The quantitative estimate of drug-likeness (QED) is 0.500. The molecule has 186 valence electrons. The lowest BCUT2D eigenvalue weighted by atomic mass is 10.1. The second kappa shape index (κ2) is 12.1. The number of methoxy groups -OCH3 is 1. The first kappa shape index (κ1) is 27.5. The van der Waals surface area contributed by atoms with E-state index in [1.807, 2.05) is 44.2 Å². The molecule has 0 bridgehead atoms. The number of halogens is 1. The van der Waals surface area contributed by atoms with E-state index in [0.29, 0.717) is 5.02 Å². The highest BCUT2D eigenvalue weighted by Crippen LogP contribution is 2.33. The van der Waals surface area contributed by atoms with Gasteiger partial charge in [0.25, 0.3) is 0 Å². The summed E-state index contributed by atoms with van der Waals surface area (Å²) in [5, 5.41) is 3.18. The predicted molar refractivity (Wildman–Crippen MR) is 135 cm³/mol. The van der Waals surface area contributed by atoms with E-state index in [-0.39, 0.29) is 29.9 Å². The molecule has 0 saturated carbocycles. The molecular formula is C24H32ClN3O5S. The molecule has 0 aromatic heterocycles. The Morgan fingerprint density at radius 2 is 1.76 bits per heavy atom. The molecule has 0 unspecified atom stereocenters. The molecule has 8 nitrogen and oxygen atoms in total. The lowest BCUT2D eigenvalue weighted by Gasteiger charge is -2.32. The minimum Gasteiger partial charge on any atom is -0.495 e. The van der Waals surface area contributed by atoms with E-state index in [4.69, 9.17) is 16.3 Å². The lowest BCUT2D eigenvalue weighted by molar-refractivity contribution is -0.139. The number of rotatable bonds is 11. The Bertz CT molecular complexity index is 1100. The Hall–Kier alpha value is -2.78. The van der Waals surface area contributed by atoms with Crippen LogP contribution in [0.3, 0.4) is 0 Å². The highest BCUT2D eigenvalue weighted by Gasteiger charge is 2.31. The van der Waals surface area contributed by atoms with Crippen molar-refractivity contribution in [3.8, 4) is 5.75 Å². The van der Waals surface area contributed by atoms with E-state index in [9.17, 15) is 18.0 Å². The summed E-state index contributed by atoms with van der Waals surface area (Å²) in [6, 6.07) is 12.8. The van der Waals surface area contributed by atoms with Crippen LogP contribution in [0.2, 0.25) is 5.02 Å². The van der Waals surface area contributed by atoms with Gasteiger partial charge in [0.1, 0.15) is 18.3 Å². The minimum atomic E-state index is -3.89. The smallest absolute Gasteiger partial charge is 0.244 e. The number of nitrogens with one attached hydrogen (secondary N) is 1. The van der Waals surface area contributed by atoms with Crippen LogP contribution in [0.5, 0.6) is 5.75 Å². The largest absolute Gasteiger partial charge is 0.495 e. The maximum Gasteiger partial charge on any atom is 0.244 e.